The van der Waals surface area contributed by atoms with Gasteiger partial charge in [-0.2, -0.15) is 0 Å². The van der Waals surface area contributed by atoms with E-state index in [1.54, 1.807) is 0 Å². The number of ether oxygens (including phenoxy) is 1. The SMILES string of the molecule is O=C(COc1cc(N2C(=O)C3=C(CCCC3)C2=O)c(F)cc1Cl)c1ccccc1F. The highest BCUT2D eigenvalue weighted by atomic mass is 35.5. The standard InChI is InChI=1S/C22H16ClF2NO4/c23-15-9-17(25)18(26-21(28)12-5-1-2-6-13(12)22(26)29)10-20(15)30-11-19(27)14-7-3-4-8-16(14)24/h3-4,7-10H,1-2,5-6,11H2. The maximum absolute atomic E-state index is 14.6. The molecule has 0 N–H and O–H groups in total. The number of nitrogens with zero attached hydrogens (tertiary/aromatic N) is 1. The first-order valence-corrected chi connectivity index (χ1v) is 9.76. The van der Waals surface area contributed by atoms with Crippen molar-refractivity contribution in [3.05, 3.63) is 69.8 Å². The van der Waals surface area contributed by atoms with E-state index in [1.807, 2.05) is 0 Å². The van der Waals surface area contributed by atoms with Gasteiger partial charge < -0.3 is 4.74 Å². The lowest BCUT2D eigenvalue weighted by Gasteiger charge is -2.18. The van der Waals surface area contributed by atoms with E-state index in [-0.39, 0.29) is 22.0 Å². The second kappa shape index (κ2) is 7.99. The Hall–Kier alpha value is -3.06. The number of amides is 2. The van der Waals surface area contributed by atoms with Crippen molar-refractivity contribution in [3.8, 4) is 5.75 Å². The molecule has 0 spiro atoms. The summed E-state index contributed by atoms with van der Waals surface area (Å²) >= 11 is 6.01. The van der Waals surface area contributed by atoms with E-state index in [9.17, 15) is 23.2 Å². The third kappa shape index (κ3) is 3.50. The number of rotatable bonds is 5. The molecule has 0 unspecified atom stereocenters. The van der Waals surface area contributed by atoms with Crippen LogP contribution in [-0.4, -0.2) is 24.2 Å². The van der Waals surface area contributed by atoms with Crippen LogP contribution in [0, 0.1) is 11.6 Å². The average molecular weight is 432 g/mol. The van der Waals surface area contributed by atoms with Gasteiger partial charge in [-0.05, 0) is 43.9 Å². The number of halogens is 3. The van der Waals surface area contributed by atoms with Crippen LogP contribution >= 0.6 is 11.6 Å². The molecule has 0 radical (unpaired) electrons. The van der Waals surface area contributed by atoms with Crippen LogP contribution in [0.3, 0.4) is 0 Å². The molecule has 8 heteroatoms. The Morgan fingerprint density at radius 3 is 2.27 bits per heavy atom. The third-order valence-corrected chi connectivity index (χ3v) is 5.46. The van der Waals surface area contributed by atoms with Crippen molar-refractivity contribution in [2.75, 3.05) is 11.5 Å². The van der Waals surface area contributed by atoms with Crippen molar-refractivity contribution in [2.45, 2.75) is 25.7 Å². The van der Waals surface area contributed by atoms with Gasteiger partial charge in [-0.15, -0.1) is 0 Å². The lowest BCUT2D eigenvalue weighted by atomic mass is 9.93. The lowest BCUT2D eigenvalue weighted by molar-refractivity contribution is -0.120. The van der Waals surface area contributed by atoms with Crippen molar-refractivity contribution >= 4 is 34.9 Å². The van der Waals surface area contributed by atoms with E-state index >= 15 is 0 Å². The molecule has 0 atom stereocenters. The van der Waals surface area contributed by atoms with Crippen LogP contribution in [0.5, 0.6) is 5.75 Å². The quantitative estimate of drug-likeness (QED) is 0.511. The van der Waals surface area contributed by atoms with Crippen molar-refractivity contribution < 1.29 is 27.9 Å². The molecule has 2 aliphatic rings. The molecule has 30 heavy (non-hydrogen) atoms. The van der Waals surface area contributed by atoms with Gasteiger partial charge in [0, 0.05) is 17.2 Å². The first-order valence-electron chi connectivity index (χ1n) is 9.39. The normalized spacial score (nSPS) is 16.2. The highest BCUT2D eigenvalue weighted by molar-refractivity contribution is 6.34. The molecular weight excluding hydrogens is 416 g/mol. The van der Waals surface area contributed by atoms with Crippen LogP contribution in [0.2, 0.25) is 5.02 Å². The van der Waals surface area contributed by atoms with Crippen LogP contribution in [0.25, 0.3) is 0 Å². The fraction of sp³-hybridized carbons (Fsp3) is 0.227. The van der Waals surface area contributed by atoms with Crippen molar-refractivity contribution in [1.29, 1.82) is 0 Å². The number of anilines is 1. The number of hydrogen-bond acceptors (Lipinski definition) is 4. The molecule has 1 heterocycles. The smallest absolute Gasteiger partial charge is 0.261 e. The predicted molar refractivity (Wildman–Crippen MR) is 106 cm³/mol. The van der Waals surface area contributed by atoms with Crippen LogP contribution < -0.4 is 9.64 Å². The van der Waals surface area contributed by atoms with E-state index < -0.39 is 35.8 Å². The summed E-state index contributed by atoms with van der Waals surface area (Å²) in [4.78, 5) is 38.4. The molecule has 0 fully saturated rings. The summed E-state index contributed by atoms with van der Waals surface area (Å²) in [5.74, 6) is -3.39. The van der Waals surface area contributed by atoms with Gasteiger partial charge in [-0.1, -0.05) is 23.7 Å². The van der Waals surface area contributed by atoms with Gasteiger partial charge in [-0.3, -0.25) is 14.4 Å². The predicted octanol–water partition coefficient (Wildman–Crippen LogP) is 4.62. The van der Waals surface area contributed by atoms with Crippen LogP contribution in [0.4, 0.5) is 14.5 Å². The van der Waals surface area contributed by atoms with Crippen LogP contribution in [0.1, 0.15) is 36.0 Å². The van der Waals surface area contributed by atoms with E-state index in [2.05, 4.69) is 0 Å². The molecule has 5 nitrogen and oxygen atoms in total. The summed E-state index contributed by atoms with van der Waals surface area (Å²) < 4.78 is 33.7. The zero-order valence-corrected chi connectivity index (χ0v) is 16.5. The zero-order valence-electron chi connectivity index (χ0n) is 15.7. The summed E-state index contributed by atoms with van der Waals surface area (Å²) in [5.41, 5.74) is 0.380. The first-order chi connectivity index (χ1) is 14.4. The number of benzene rings is 2. The largest absolute Gasteiger partial charge is 0.484 e. The molecule has 1 aliphatic carbocycles. The molecule has 0 saturated carbocycles. The number of carbonyl (C=O) groups is 3. The highest BCUT2D eigenvalue weighted by Gasteiger charge is 2.41. The van der Waals surface area contributed by atoms with Gasteiger partial charge >= 0.3 is 0 Å². The highest BCUT2D eigenvalue weighted by Crippen LogP contribution is 2.39. The summed E-state index contributed by atoms with van der Waals surface area (Å²) in [5, 5.41) is -0.144. The van der Waals surface area contributed by atoms with Gasteiger partial charge in [0.25, 0.3) is 11.8 Å². The summed E-state index contributed by atoms with van der Waals surface area (Å²) in [6.45, 7) is -0.553. The molecule has 0 bridgehead atoms. The maximum Gasteiger partial charge on any atom is 0.261 e. The summed E-state index contributed by atoms with van der Waals surface area (Å²) in [7, 11) is 0. The Kier molecular flexibility index (Phi) is 5.39. The van der Waals surface area contributed by atoms with Crippen molar-refractivity contribution in [3.63, 3.8) is 0 Å². The summed E-state index contributed by atoms with van der Waals surface area (Å²) in [6, 6.07) is 7.46. The van der Waals surface area contributed by atoms with Gasteiger partial charge in [0.2, 0.25) is 5.78 Å². The molecule has 0 aromatic heterocycles. The summed E-state index contributed by atoms with van der Waals surface area (Å²) in [6.07, 6.45) is 2.54. The minimum atomic E-state index is -0.866. The topological polar surface area (TPSA) is 63.7 Å². The van der Waals surface area contributed by atoms with Crippen molar-refractivity contribution in [2.24, 2.45) is 0 Å². The van der Waals surface area contributed by atoms with Crippen LogP contribution in [0.15, 0.2) is 47.5 Å². The minimum Gasteiger partial charge on any atom is -0.484 e. The van der Waals surface area contributed by atoms with E-state index in [1.165, 1.54) is 18.2 Å². The molecule has 2 aromatic carbocycles. The van der Waals surface area contributed by atoms with Gasteiger partial charge in [0.1, 0.15) is 17.4 Å². The lowest BCUT2D eigenvalue weighted by Crippen LogP contribution is -2.32. The minimum absolute atomic E-state index is 0.0942. The Balaban J connectivity index is 1.59. The second-order valence-electron chi connectivity index (χ2n) is 7.04. The number of carbonyl (C=O) groups excluding carboxylic acids is 3. The van der Waals surface area contributed by atoms with Crippen molar-refractivity contribution in [1.82, 2.24) is 0 Å². The van der Waals surface area contributed by atoms with E-state index in [0.29, 0.717) is 24.0 Å². The number of imide groups is 1. The Morgan fingerprint density at radius 1 is 1.00 bits per heavy atom. The molecule has 4 rings (SSSR count). The maximum atomic E-state index is 14.6. The molecule has 2 amide bonds. The zero-order chi connectivity index (χ0) is 21.4. The monoisotopic (exact) mass is 431 g/mol. The molecule has 2 aromatic rings. The Morgan fingerprint density at radius 2 is 1.63 bits per heavy atom. The average Bonchev–Trinajstić information content (AvgIpc) is 2.98. The fourth-order valence-electron chi connectivity index (χ4n) is 3.67. The number of hydrogen-bond donors (Lipinski definition) is 0. The first kappa shape index (κ1) is 20.2. The third-order valence-electron chi connectivity index (χ3n) is 5.17. The van der Waals surface area contributed by atoms with Gasteiger partial charge in [0.05, 0.1) is 16.3 Å². The molecule has 0 saturated heterocycles. The number of Topliss-reactive ketones (excluding diaryl/α,β-unsaturated/α-hetero) is 1. The Bertz CT molecular complexity index is 1080. The molecule has 1 aliphatic heterocycles. The molecule has 154 valence electrons. The molecular formula is C22H16ClF2NO4. The van der Waals surface area contributed by atoms with E-state index in [4.69, 9.17) is 16.3 Å². The second-order valence-corrected chi connectivity index (χ2v) is 7.44. The Labute approximate surface area is 175 Å². The van der Waals surface area contributed by atoms with Crippen LogP contribution in [-0.2, 0) is 9.59 Å². The number of ketones is 1. The van der Waals surface area contributed by atoms with Gasteiger partial charge in [0.15, 0.2) is 6.61 Å². The van der Waals surface area contributed by atoms with E-state index in [0.717, 1.165) is 35.9 Å². The van der Waals surface area contributed by atoms with Gasteiger partial charge in [-0.25, -0.2) is 13.7 Å². The fourth-order valence-corrected chi connectivity index (χ4v) is 3.87.